The highest BCUT2D eigenvalue weighted by Gasteiger charge is 2.44. The van der Waals surface area contributed by atoms with Gasteiger partial charge in [-0.05, 0) is 49.8 Å². The number of benzene rings is 2. The summed E-state index contributed by atoms with van der Waals surface area (Å²) in [5, 5.41) is 40.2. The molecule has 0 spiro atoms. The maximum absolute atomic E-state index is 12.4. The van der Waals surface area contributed by atoms with E-state index in [1.165, 1.54) is 44.2 Å². The normalized spacial score (nSPS) is 19.4. The summed E-state index contributed by atoms with van der Waals surface area (Å²) in [6, 6.07) is 9.20. The van der Waals surface area contributed by atoms with E-state index in [0.717, 1.165) is 0 Å². The first-order chi connectivity index (χ1) is 12.2. The van der Waals surface area contributed by atoms with Crippen LogP contribution in [0.3, 0.4) is 0 Å². The van der Waals surface area contributed by atoms with Crippen molar-refractivity contribution in [3.8, 4) is 17.2 Å². The van der Waals surface area contributed by atoms with Crippen molar-refractivity contribution in [1.82, 2.24) is 0 Å². The lowest BCUT2D eigenvalue weighted by Gasteiger charge is -2.27. The van der Waals surface area contributed by atoms with Crippen LogP contribution < -0.4 is 4.74 Å². The summed E-state index contributed by atoms with van der Waals surface area (Å²) in [6.45, 7) is 2.99. The monoisotopic (exact) mass is 356 g/mol. The van der Waals surface area contributed by atoms with Gasteiger partial charge < -0.3 is 25.2 Å². The fourth-order valence-electron chi connectivity index (χ4n) is 2.91. The number of allylic oxidation sites excluding steroid dienone is 1. The number of ketones is 1. The van der Waals surface area contributed by atoms with Gasteiger partial charge in [0, 0.05) is 0 Å². The first-order valence-electron chi connectivity index (χ1n) is 8.13. The maximum Gasteiger partial charge on any atom is 0.189 e. The van der Waals surface area contributed by atoms with Crippen molar-refractivity contribution in [1.29, 1.82) is 0 Å². The molecule has 2 atom stereocenters. The number of carbonyl (C=O) groups is 1. The van der Waals surface area contributed by atoms with Gasteiger partial charge in [-0.1, -0.05) is 18.2 Å². The van der Waals surface area contributed by atoms with Gasteiger partial charge in [0.1, 0.15) is 23.4 Å². The molecule has 0 bridgehead atoms. The highest BCUT2D eigenvalue weighted by molar-refractivity contribution is 6.09. The van der Waals surface area contributed by atoms with E-state index >= 15 is 0 Å². The molecular formula is C20H20O6. The number of phenolic OH excluding ortho intramolecular Hbond substituents is 2. The molecule has 4 N–H and O–H groups in total. The topological polar surface area (TPSA) is 107 Å². The molecule has 26 heavy (non-hydrogen) atoms. The van der Waals surface area contributed by atoms with Crippen molar-refractivity contribution in [3.63, 3.8) is 0 Å². The van der Waals surface area contributed by atoms with Crippen LogP contribution in [0.2, 0.25) is 0 Å². The molecule has 0 amide bonds. The Labute approximate surface area is 150 Å². The first-order valence-corrected chi connectivity index (χ1v) is 8.13. The maximum atomic E-state index is 12.4. The van der Waals surface area contributed by atoms with Gasteiger partial charge in [-0.15, -0.1) is 0 Å². The van der Waals surface area contributed by atoms with Crippen LogP contribution in [-0.2, 0) is 0 Å². The number of hydrogen-bond donors (Lipinski definition) is 4. The molecule has 0 aromatic heterocycles. The van der Waals surface area contributed by atoms with Gasteiger partial charge in [0.15, 0.2) is 11.9 Å². The van der Waals surface area contributed by atoms with Crippen LogP contribution in [0, 0.1) is 0 Å². The number of aliphatic hydroxyl groups is 2. The molecule has 0 unspecified atom stereocenters. The van der Waals surface area contributed by atoms with Gasteiger partial charge in [0.2, 0.25) is 0 Å². The van der Waals surface area contributed by atoms with Gasteiger partial charge in [-0.25, -0.2) is 0 Å². The Bertz CT molecular complexity index is 861. The second kappa shape index (κ2) is 6.48. The molecule has 2 aromatic rings. The van der Waals surface area contributed by atoms with Crippen LogP contribution in [0.1, 0.15) is 41.4 Å². The van der Waals surface area contributed by atoms with Crippen LogP contribution in [0.4, 0.5) is 0 Å². The zero-order chi connectivity index (χ0) is 19.1. The summed E-state index contributed by atoms with van der Waals surface area (Å²) in [7, 11) is 0. The van der Waals surface area contributed by atoms with Gasteiger partial charge >= 0.3 is 0 Å². The van der Waals surface area contributed by atoms with Crippen LogP contribution in [-0.4, -0.2) is 37.9 Å². The first kappa shape index (κ1) is 18.0. The molecule has 136 valence electrons. The zero-order valence-corrected chi connectivity index (χ0v) is 14.4. The van der Waals surface area contributed by atoms with E-state index in [9.17, 15) is 25.2 Å². The van der Waals surface area contributed by atoms with Crippen molar-refractivity contribution in [2.45, 2.75) is 31.7 Å². The Morgan fingerprint density at radius 1 is 1.12 bits per heavy atom. The summed E-state index contributed by atoms with van der Waals surface area (Å²) in [5.74, 6) is -0.444. The third-order valence-electron chi connectivity index (χ3n) is 4.30. The van der Waals surface area contributed by atoms with Crippen molar-refractivity contribution in [2.24, 2.45) is 0 Å². The van der Waals surface area contributed by atoms with Crippen LogP contribution in [0.25, 0.3) is 6.08 Å². The predicted molar refractivity (Wildman–Crippen MR) is 95.3 cm³/mol. The average Bonchev–Trinajstić information content (AvgIpc) is 2.92. The van der Waals surface area contributed by atoms with Gasteiger partial charge in [-0.3, -0.25) is 4.79 Å². The summed E-state index contributed by atoms with van der Waals surface area (Å²) in [6.07, 6.45) is 0.657. The second-order valence-electron chi connectivity index (χ2n) is 6.80. The minimum absolute atomic E-state index is 0.0258. The van der Waals surface area contributed by atoms with Crippen molar-refractivity contribution < 1.29 is 30.0 Å². The highest BCUT2D eigenvalue weighted by atomic mass is 16.5. The summed E-state index contributed by atoms with van der Waals surface area (Å²) in [4.78, 5) is 12.4. The van der Waals surface area contributed by atoms with E-state index < -0.39 is 23.6 Å². The Kier molecular flexibility index (Phi) is 4.48. The molecule has 0 saturated carbocycles. The van der Waals surface area contributed by atoms with Gasteiger partial charge in [0.05, 0.1) is 16.7 Å². The molecule has 1 aliphatic heterocycles. The minimum atomic E-state index is -1.33. The van der Waals surface area contributed by atoms with E-state index in [4.69, 9.17) is 4.74 Å². The molecule has 0 saturated heterocycles. The number of hydrogen-bond acceptors (Lipinski definition) is 6. The van der Waals surface area contributed by atoms with Gasteiger partial charge in [0.25, 0.3) is 0 Å². The number of rotatable bonds is 4. The number of phenols is 2. The fourth-order valence-corrected chi connectivity index (χ4v) is 2.91. The van der Waals surface area contributed by atoms with Crippen molar-refractivity contribution >= 4 is 11.9 Å². The number of carbonyl (C=O) groups excluding carboxylic acids is 1. The lowest BCUT2D eigenvalue weighted by Crippen LogP contribution is -2.41. The molecule has 2 aromatic carbocycles. The highest BCUT2D eigenvalue weighted by Crippen LogP contribution is 2.46. The number of ether oxygens (including phenoxy) is 1. The number of aromatic hydroxyl groups is 2. The second-order valence-corrected chi connectivity index (χ2v) is 6.80. The molecule has 0 aliphatic carbocycles. The zero-order valence-electron chi connectivity index (χ0n) is 14.4. The molecule has 0 fully saturated rings. The smallest absolute Gasteiger partial charge is 0.189 e. The summed E-state index contributed by atoms with van der Waals surface area (Å²) < 4.78 is 5.53. The SMILES string of the molecule is CC(C)(O)[C@@H]1Oc2ccc(C(=O)/C=C/c3ccc(O)cc3)c(O)c2[C@H]1O. The third-order valence-corrected chi connectivity index (χ3v) is 4.30. The minimum Gasteiger partial charge on any atom is -0.508 e. The average molecular weight is 356 g/mol. The number of fused-ring (bicyclic) bond motifs is 1. The van der Waals surface area contributed by atoms with Crippen molar-refractivity contribution in [3.05, 3.63) is 59.2 Å². The van der Waals surface area contributed by atoms with Crippen molar-refractivity contribution in [2.75, 3.05) is 0 Å². The van der Waals surface area contributed by atoms with E-state index in [-0.39, 0.29) is 28.4 Å². The molecule has 6 nitrogen and oxygen atoms in total. The Balaban J connectivity index is 1.88. The van der Waals surface area contributed by atoms with Crippen LogP contribution in [0.5, 0.6) is 17.2 Å². The Hall–Kier alpha value is -2.83. The predicted octanol–water partition coefficient (Wildman–Crippen LogP) is 2.56. The van der Waals surface area contributed by atoms with E-state index in [1.54, 1.807) is 18.2 Å². The third kappa shape index (κ3) is 3.29. The van der Waals surface area contributed by atoms with E-state index in [1.807, 2.05) is 0 Å². The van der Waals surface area contributed by atoms with E-state index in [0.29, 0.717) is 5.56 Å². The molecule has 3 rings (SSSR count). The van der Waals surface area contributed by atoms with Gasteiger partial charge in [-0.2, -0.15) is 0 Å². The summed E-state index contributed by atoms with van der Waals surface area (Å²) in [5.41, 5.74) is -0.491. The Morgan fingerprint density at radius 2 is 1.77 bits per heavy atom. The quantitative estimate of drug-likeness (QED) is 0.495. The number of aliphatic hydroxyl groups excluding tert-OH is 1. The lowest BCUT2D eigenvalue weighted by molar-refractivity contribution is -0.0764. The molecule has 6 heteroatoms. The molecule has 1 heterocycles. The molecular weight excluding hydrogens is 336 g/mol. The lowest BCUT2D eigenvalue weighted by atomic mass is 9.92. The van der Waals surface area contributed by atoms with Crippen LogP contribution in [0.15, 0.2) is 42.5 Å². The summed E-state index contributed by atoms with van der Waals surface area (Å²) >= 11 is 0. The largest absolute Gasteiger partial charge is 0.508 e. The van der Waals surface area contributed by atoms with Crippen LogP contribution >= 0.6 is 0 Å². The Morgan fingerprint density at radius 3 is 2.38 bits per heavy atom. The standard InChI is InChI=1S/C20H20O6/c1-20(2,25)19-18(24)16-15(26-19)10-8-13(17(16)23)14(22)9-5-11-3-6-12(21)7-4-11/h3-10,18-19,21,23-25H,1-2H3/b9-5+/t18-,19-/m1/s1. The molecule has 0 radical (unpaired) electrons. The van der Waals surface area contributed by atoms with E-state index in [2.05, 4.69) is 0 Å². The molecule has 1 aliphatic rings. The fraction of sp³-hybridized carbons (Fsp3) is 0.250.